The molecule has 0 atom stereocenters. The van der Waals surface area contributed by atoms with Crippen LogP contribution in [0.4, 0.5) is 0 Å². The van der Waals surface area contributed by atoms with Gasteiger partial charge in [0.15, 0.2) is 0 Å². The number of halogens is 1. The molecule has 5 heteroatoms. The average molecular weight is 277 g/mol. The highest BCUT2D eigenvalue weighted by Gasteiger charge is 2.08. The fourth-order valence-corrected chi connectivity index (χ4v) is 2.31. The number of aliphatic hydroxyl groups excluding tert-OH is 1. The second kappa shape index (κ2) is 5.38. The predicted octanol–water partition coefficient (Wildman–Crippen LogP) is 2.23. The molecule has 0 aliphatic carbocycles. The highest BCUT2D eigenvalue weighted by atomic mass is 79.9. The van der Waals surface area contributed by atoms with Crippen LogP contribution in [0, 0.1) is 0 Å². The summed E-state index contributed by atoms with van der Waals surface area (Å²) in [5.74, 6) is -0.339. The zero-order chi connectivity index (χ0) is 10.6. The van der Waals surface area contributed by atoms with Crippen molar-refractivity contribution < 1.29 is 15.0 Å². The molecule has 1 aromatic rings. The number of carboxylic acids is 1. The maximum absolute atomic E-state index is 10.7. The van der Waals surface area contributed by atoms with Gasteiger partial charge in [-0.2, -0.15) is 0 Å². The molecule has 14 heavy (non-hydrogen) atoms. The summed E-state index contributed by atoms with van der Waals surface area (Å²) in [7, 11) is 0. The van der Waals surface area contributed by atoms with Crippen LogP contribution >= 0.6 is 27.7 Å². The van der Waals surface area contributed by atoms with Crippen molar-refractivity contribution in [3.05, 3.63) is 28.2 Å². The number of benzene rings is 1. The number of aliphatic hydroxyl groups is 1. The fourth-order valence-electron chi connectivity index (χ4n) is 0.923. The molecule has 0 aliphatic rings. The van der Waals surface area contributed by atoms with Crippen molar-refractivity contribution in [2.24, 2.45) is 0 Å². The number of hydrogen-bond donors (Lipinski definition) is 2. The highest BCUT2D eigenvalue weighted by molar-refractivity contribution is 9.10. The Morgan fingerprint density at radius 1 is 1.50 bits per heavy atom. The van der Waals surface area contributed by atoms with Crippen LogP contribution in [0.5, 0.6) is 0 Å². The van der Waals surface area contributed by atoms with E-state index < -0.39 is 5.97 Å². The van der Waals surface area contributed by atoms with Crippen LogP contribution in [-0.2, 0) is 0 Å². The van der Waals surface area contributed by atoms with Crippen LogP contribution < -0.4 is 0 Å². The molecule has 0 amide bonds. The molecule has 0 heterocycles. The molecular weight excluding hydrogens is 268 g/mol. The van der Waals surface area contributed by atoms with E-state index in [-0.39, 0.29) is 12.2 Å². The van der Waals surface area contributed by atoms with Crippen LogP contribution in [0.3, 0.4) is 0 Å². The quantitative estimate of drug-likeness (QED) is 0.829. The number of carboxylic acid groups (broad SMARTS) is 1. The van der Waals surface area contributed by atoms with Gasteiger partial charge in [0.05, 0.1) is 12.2 Å². The Balaban J connectivity index is 2.83. The summed E-state index contributed by atoms with van der Waals surface area (Å²) in [6.07, 6.45) is 0. The smallest absolute Gasteiger partial charge is 0.336 e. The first kappa shape index (κ1) is 11.6. The molecule has 2 N–H and O–H groups in total. The SMILES string of the molecule is O=C(O)c1ccc(SCCO)cc1Br. The van der Waals surface area contributed by atoms with Crippen molar-refractivity contribution in [3.63, 3.8) is 0 Å². The molecule has 0 saturated heterocycles. The van der Waals surface area contributed by atoms with E-state index in [2.05, 4.69) is 15.9 Å². The van der Waals surface area contributed by atoms with E-state index in [1.54, 1.807) is 18.2 Å². The van der Waals surface area contributed by atoms with E-state index in [4.69, 9.17) is 10.2 Å². The Labute approximate surface area is 94.3 Å². The first-order valence-electron chi connectivity index (χ1n) is 3.91. The average Bonchev–Trinajstić information content (AvgIpc) is 2.14. The minimum atomic E-state index is -0.949. The summed E-state index contributed by atoms with van der Waals surface area (Å²) in [4.78, 5) is 11.6. The molecule has 0 bridgehead atoms. The maximum Gasteiger partial charge on any atom is 0.336 e. The molecule has 0 spiro atoms. The van der Waals surface area contributed by atoms with Crippen molar-refractivity contribution in [2.45, 2.75) is 4.90 Å². The number of hydrogen-bond acceptors (Lipinski definition) is 3. The number of carbonyl (C=O) groups is 1. The van der Waals surface area contributed by atoms with Gasteiger partial charge in [-0.05, 0) is 34.1 Å². The molecule has 0 aromatic heterocycles. The summed E-state index contributed by atoms with van der Waals surface area (Å²) in [5, 5.41) is 17.4. The summed E-state index contributed by atoms with van der Waals surface area (Å²) in [6.45, 7) is 0.114. The molecule has 3 nitrogen and oxygen atoms in total. The lowest BCUT2D eigenvalue weighted by atomic mass is 10.2. The minimum absolute atomic E-state index is 0.114. The van der Waals surface area contributed by atoms with Gasteiger partial charge in [0, 0.05) is 15.1 Å². The third kappa shape index (κ3) is 3.01. The summed E-state index contributed by atoms with van der Waals surface area (Å²) in [5.41, 5.74) is 0.248. The maximum atomic E-state index is 10.7. The second-order valence-corrected chi connectivity index (χ2v) is 4.54. The van der Waals surface area contributed by atoms with E-state index in [0.29, 0.717) is 10.2 Å². The summed E-state index contributed by atoms with van der Waals surface area (Å²) >= 11 is 4.67. The zero-order valence-corrected chi connectivity index (χ0v) is 9.64. The van der Waals surface area contributed by atoms with E-state index >= 15 is 0 Å². The topological polar surface area (TPSA) is 57.5 Å². The van der Waals surface area contributed by atoms with Gasteiger partial charge in [-0.15, -0.1) is 11.8 Å². The van der Waals surface area contributed by atoms with Crippen molar-refractivity contribution >= 4 is 33.7 Å². The van der Waals surface area contributed by atoms with Crippen molar-refractivity contribution in [1.29, 1.82) is 0 Å². The molecule has 1 rings (SSSR count). The lowest BCUT2D eigenvalue weighted by Gasteiger charge is -2.02. The van der Waals surface area contributed by atoms with E-state index in [1.165, 1.54) is 11.8 Å². The lowest BCUT2D eigenvalue weighted by molar-refractivity contribution is 0.0696. The van der Waals surface area contributed by atoms with E-state index in [0.717, 1.165) is 4.90 Å². The first-order chi connectivity index (χ1) is 6.65. The van der Waals surface area contributed by atoms with Crippen LogP contribution in [-0.4, -0.2) is 28.5 Å². The van der Waals surface area contributed by atoms with Crippen LogP contribution in [0.2, 0.25) is 0 Å². The van der Waals surface area contributed by atoms with Gasteiger partial charge in [0.25, 0.3) is 0 Å². The molecule has 0 aliphatic heterocycles. The first-order valence-corrected chi connectivity index (χ1v) is 5.69. The lowest BCUT2D eigenvalue weighted by Crippen LogP contribution is -1.97. The van der Waals surface area contributed by atoms with E-state index in [1.807, 2.05) is 0 Å². The Morgan fingerprint density at radius 2 is 2.21 bits per heavy atom. The molecule has 1 aromatic carbocycles. The minimum Gasteiger partial charge on any atom is -0.478 e. The van der Waals surface area contributed by atoms with Crippen molar-refractivity contribution in [2.75, 3.05) is 12.4 Å². The molecule has 0 saturated carbocycles. The number of rotatable bonds is 4. The van der Waals surface area contributed by atoms with Gasteiger partial charge in [0.2, 0.25) is 0 Å². The molecule has 0 radical (unpaired) electrons. The fraction of sp³-hybridized carbons (Fsp3) is 0.222. The van der Waals surface area contributed by atoms with Gasteiger partial charge >= 0.3 is 5.97 Å². The Kier molecular flexibility index (Phi) is 4.44. The predicted molar refractivity (Wildman–Crippen MR) is 58.9 cm³/mol. The van der Waals surface area contributed by atoms with Gasteiger partial charge < -0.3 is 10.2 Å². The second-order valence-electron chi connectivity index (χ2n) is 2.52. The molecule has 76 valence electrons. The van der Waals surface area contributed by atoms with Gasteiger partial charge in [-0.25, -0.2) is 4.79 Å². The third-order valence-electron chi connectivity index (χ3n) is 1.53. The third-order valence-corrected chi connectivity index (χ3v) is 3.16. The van der Waals surface area contributed by atoms with Crippen LogP contribution in [0.25, 0.3) is 0 Å². The zero-order valence-electron chi connectivity index (χ0n) is 7.24. The highest BCUT2D eigenvalue weighted by Crippen LogP contribution is 2.25. The standard InChI is InChI=1S/C9H9BrO3S/c10-8-5-6(14-4-3-11)1-2-7(8)9(12)13/h1-2,5,11H,3-4H2,(H,12,13). The largest absolute Gasteiger partial charge is 0.478 e. The molecular formula is C9H9BrO3S. The Bertz CT molecular complexity index is 341. The monoisotopic (exact) mass is 276 g/mol. The Morgan fingerprint density at radius 3 is 2.71 bits per heavy atom. The van der Waals surface area contributed by atoms with Crippen molar-refractivity contribution in [1.82, 2.24) is 0 Å². The number of aromatic carboxylic acids is 1. The van der Waals surface area contributed by atoms with Gasteiger partial charge in [-0.1, -0.05) is 0 Å². The summed E-state index contributed by atoms with van der Waals surface area (Å²) < 4.78 is 0.563. The van der Waals surface area contributed by atoms with E-state index in [9.17, 15) is 4.79 Å². The van der Waals surface area contributed by atoms with Crippen LogP contribution in [0.1, 0.15) is 10.4 Å². The van der Waals surface area contributed by atoms with Crippen molar-refractivity contribution in [3.8, 4) is 0 Å². The van der Waals surface area contributed by atoms with Gasteiger partial charge in [0.1, 0.15) is 0 Å². The van der Waals surface area contributed by atoms with Gasteiger partial charge in [-0.3, -0.25) is 0 Å². The summed E-state index contributed by atoms with van der Waals surface area (Å²) in [6, 6.07) is 5.02. The Hall–Kier alpha value is -0.520. The molecule has 0 unspecified atom stereocenters. The van der Waals surface area contributed by atoms with Crippen LogP contribution in [0.15, 0.2) is 27.6 Å². The molecule has 0 fully saturated rings. The normalized spacial score (nSPS) is 10.1. The number of thioether (sulfide) groups is 1.